The molecule has 0 saturated carbocycles. The van der Waals surface area contributed by atoms with Crippen LogP contribution in [0.2, 0.25) is 0 Å². The first kappa shape index (κ1) is 16.5. The second-order valence-corrected chi connectivity index (χ2v) is 5.85. The van der Waals surface area contributed by atoms with E-state index in [1.807, 2.05) is 42.5 Å². The minimum absolute atomic E-state index is 0.0654. The number of hydrogen-bond acceptors (Lipinski definition) is 4. The van der Waals surface area contributed by atoms with Gasteiger partial charge in [-0.2, -0.15) is 0 Å². The van der Waals surface area contributed by atoms with Crippen molar-refractivity contribution >= 4 is 11.7 Å². The highest BCUT2D eigenvalue weighted by Crippen LogP contribution is 2.18. The number of aromatic nitrogens is 1. The van der Waals surface area contributed by atoms with Crippen LogP contribution in [0.3, 0.4) is 0 Å². The van der Waals surface area contributed by atoms with Crippen molar-refractivity contribution in [3.8, 4) is 0 Å². The summed E-state index contributed by atoms with van der Waals surface area (Å²) >= 11 is 0. The molecule has 0 radical (unpaired) electrons. The van der Waals surface area contributed by atoms with Gasteiger partial charge in [-0.15, -0.1) is 0 Å². The zero-order valence-corrected chi connectivity index (χ0v) is 13.8. The highest BCUT2D eigenvalue weighted by molar-refractivity contribution is 5.76. The summed E-state index contributed by atoms with van der Waals surface area (Å²) in [5.74, 6) is 1.01. The molecule has 2 aromatic rings. The minimum Gasteiger partial charge on any atom is -0.378 e. The van der Waals surface area contributed by atoms with Crippen LogP contribution in [0, 0.1) is 0 Å². The van der Waals surface area contributed by atoms with E-state index >= 15 is 0 Å². The molecule has 1 amide bonds. The van der Waals surface area contributed by atoms with E-state index in [0.717, 1.165) is 44.1 Å². The van der Waals surface area contributed by atoms with E-state index in [9.17, 15) is 4.79 Å². The molecule has 0 atom stereocenters. The lowest BCUT2D eigenvalue weighted by atomic mass is 10.1. The van der Waals surface area contributed by atoms with Crippen LogP contribution in [0.5, 0.6) is 0 Å². The Morgan fingerprint density at radius 3 is 2.71 bits per heavy atom. The maximum Gasteiger partial charge on any atom is 0.220 e. The van der Waals surface area contributed by atoms with E-state index in [2.05, 4.69) is 15.2 Å². The number of carbonyl (C=O) groups is 1. The lowest BCUT2D eigenvalue weighted by Gasteiger charge is -2.29. The van der Waals surface area contributed by atoms with E-state index in [-0.39, 0.29) is 5.91 Å². The molecule has 1 aromatic carbocycles. The van der Waals surface area contributed by atoms with Crippen LogP contribution >= 0.6 is 0 Å². The predicted octanol–water partition coefficient (Wildman–Crippen LogP) is 2.17. The highest BCUT2D eigenvalue weighted by Gasteiger charge is 2.16. The number of ether oxygens (including phenoxy) is 1. The maximum absolute atomic E-state index is 12.1. The van der Waals surface area contributed by atoms with Crippen molar-refractivity contribution < 1.29 is 9.53 Å². The number of benzene rings is 1. The zero-order chi connectivity index (χ0) is 16.6. The molecule has 1 saturated heterocycles. The predicted molar refractivity (Wildman–Crippen MR) is 93.9 cm³/mol. The molecule has 24 heavy (non-hydrogen) atoms. The van der Waals surface area contributed by atoms with Gasteiger partial charge in [-0.1, -0.05) is 36.4 Å². The third-order valence-electron chi connectivity index (χ3n) is 4.14. The second kappa shape index (κ2) is 8.45. The molecular formula is C19H23N3O2. The van der Waals surface area contributed by atoms with E-state index in [0.29, 0.717) is 13.0 Å². The molecule has 2 heterocycles. The van der Waals surface area contributed by atoms with Crippen molar-refractivity contribution in [1.29, 1.82) is 0 Å². The fourth-order valence-electron chi connectivity index (χ4n) is 2.81. The second-order valence-electron chi connectivity index (χ2n) is 5.85. The molecule has 5 nitrogen and oxygen atoms in total. The average molecular weight is 325 g/mol. The van der Waals surface area contributed by atoms with Crippen molar-refractivity contribution in [3.63, 3.8) is 0 Å². The number of morpholine rings is 1. The summed E-state index contributed by atoms with van der Waals surface area (Å²) in [6, 6.07) is 14.0. The molecule has 1 fully saturated rings. The van der Waals surface area contributed by atoms with Gasteiger partial charge in [0.15, 0.2) is 0 Å². The highest BCUT2D eigenvalue weighted by atomic mass is 16.5. The molecule has 1 aliphatic heterocycles. The van der Waals surface area contributed by atoms with E-state index in [1.165, 1.54) is 5.56 Å². The monoisotopic (exact) mass is 325 g/mol. The van der Waals surface area contributed by atoms with Crippen LogP contribution in [0.25, 0.3) is 0 Å². The van der Waals surface area contributed by atoms with Gasteiger partial charge in [-0.05, 0) is 18.1 Å². The van der Waals surface area contributed by atoms with Crippen molar-refractivity contribution in [1.82, 2.24) is 10.3 Å². The fourth-order valence-corrected chi connectivity index (χ4v) is 2.81. The van der Waals surface area contributed by atoms with Gasteiger partial charge in [0.25, 0.3) is 0 Å². The number of nitrogens with one attached hydrogen (secondary N) is 1. The van der Waals surface area contributed by atoms with Crippen LogP contribution < -0.4 is 10.2 Å². The summed E-state index contributed by atoms with van der Waals surface area (Å²) < 4.78 is 5.39. The third-order valence-corrected chi connectivity index (χ3v) is 4.14. The quantitative estimate of drug-likeness (QED) is 0.884. The van der Waals surface area contributed by atoms with Gasteiger partial charge in [0.1, 0.15) is 5.82 Å². The van der Waals surface area contributed by atoms with Gasteiger partial charge >= 0.3 is 0 Å². The SMILES string of the molecule is O=C(CCc1ccccc1)NCc1cccnc1N1CCOCC1. The Hall–Kier alpha value is -2.40. The lowest BCUT2D eigenvalue weighted by Crippen LogP contribution is -2.37. The summed E-state index contributed by atoms with van der Waals surface area (Å²) in [5, 5.41) is 3.01. The number of anilines is 1. The van der Waals surface area contributed by atoms with E-state index in [1.54, 1.807) is 6.20 Å². The molecule has 1 aliphatic rings. The van der Waals surface area contributed by atoms with Crippen LogP contribution in [0.1, 0.15) is 17.5 Å². The Kier molecular flexibility index (Phi) is 5.80. The number of carbonyl (C=O) groups excluding carboxylic acids is 1. The zero-order valence-electron chi connectivity index (χ0n) is 13.8. The van der Waals surface area contributed by atoms with Crippen LogP contribution in [-0.2, 0) is 22.5 Å². The number of rotatable bonds is 6. The Balaban J connectivity index is 1.53. The number of hydrogen-bond donors (Lipinski definition) is 1. The molecule has 126 valence electrons. The Labute approximate surface area is 142 Å². The number of amides is 1. The molecular weight excluding hydrogens is 302 g/mol. The normalized spacial score (nSPS) is 14.4. The van der Waals surface area contributed by atoms with Crippen LogP contribution in [0.4, 0.5) is 5.82 Å². The van der Waals surface area contributed by atoms with E-state index in [4.69, 9.17) is 4.74 Å². The Morgan fingerprint density at radius 2 is 1.92 bits per heavy atom. The summed E-state index contributed by atoms with van der Waals surface area (Å²) in [5.41, 5.74) is 2.23. The molecule has 5 heteroatoms. The van der Waals surface area contributed by atoms with E-state index < -0.39 is 0 Å². The Morgan fingerprint density at radius 1 is 1.12 bits per heavy atom. The molecule has 3 rings (SSSR count). The smallest absolute Gasteiger partial charge is 0.220 e. The largest absolute Gasteiger partial charge is 0.378 e. The molecule has 1 aromatic heterocycles. The molecule has 0 aliphatic carbocycles. The maximum atomic E-state index is 12.1. The first-order chi connectivity index (χ1) is 11.8. The summed E-state index contributed by atoms with van der Waals surface area (Å²) in [7, 11) is 0. The first-order valence-corrected chi connectivity index (χ1v) is 8.40. The molecule has 1 N–H and O–H groups in total. The average Bonchev–Trinajstić information content (AvgIpc) is 2.66. The summed E-state index contributed by atoms with van der Waals surface area (Å²) in [6.45, 7) is 3.63. The van der Waals surface area contributed by atoms with Crippen LogP contribution in [-0.4, -0.2) is 37.2 Å². The number of pyridine rings is 1. The molecule has 0 spiro atoms. The van der Waals surface area contributed by atoms with Gasteiger partial charge < -0.3 is 15.0 Å². The third kappa shape index (κ3) is 4.55. The fraction of sp³-hybridized carbons (Fsp3) is 0.368. The molecule has 0 unspecified atom stereocenters. The first-order valence-electron chi connectivity index (χ1n) is 8.40. The lowest BCUT2D eigenvalue weighted by molar-refractivity contribution is -0.121. The summed E-state index contributed by atoms with van der Waals surface area (Å²) in [4.78, 5) is 18.8. The van der Waals surface area contributed by atoms with Gasteiger partial charge in [-0.3, -0.25) is 4.79 Å². The van der Waals surface area contributed by atoms with Crippen molar-refractivity contribution in [2.75, 3.05) is 31.2 Å². The van der Waals surface area contributed by atoms with Crippen LogP contribution in [0.15, 0.2) is 48.7 Å². The van der Waals surface area contributed by atoms with Crippen molar-refractivity contribution in [3.05, 3.63) is 59.8 Å². The van der Waals surface area contributed by atoms with Crippen molar-refractivity contribution in [2.24, 2.45) is 0 Å². The van der Waals surface area contributed by atoms with Gasteiger partial charge in [-0.25, -0.2) is 4.98 Å². The minimum atomic E-state index is 0.0654. The number of nitrogens with zero attached hydrogens (tertiary/aromatic N) is 2. The standard InChI is InChI=1S/C19H23N3O2/c23-18(9-8-16-5-2-1-3-6-16)21-15-17-7-4-10-20-19(17)22-11-13-24-14-12-22/h1-7,10H,8-9,11-15H2,(H,21,23). The Bertz CT molecular complexity index is 655. The molecule has 0 bridgehead atoms. The number of aryl methyl sites for hydroxylation is 1. The van der Waals surface area contributed by atoms with Gasteiger partial charge in [0, 0.05) is 37.8 Å². The van der Waals surface area contributed by atoms with Gasteiger partial charge in [0.05, 0.1) is 13.2 Å². The van der Waals surface area contributed by atoms with Gasteiger partial charge in [0.2, 0.25) is 5.91 Å². The van der Waals surface area contributed by atoms with Crippen molar-refractivity contribution in [2.45, 2.75) is 19.4 Å². The topological polar surface area (TPSA) is 54.5 Å². The summed E-state index contributed by atoms with van der Waals surface area (Å²) in [6.07, 6.45) is 3.05.